The Morgan fingerprint density at radius 1 is 1.38 bits per heavy atom. The molecule has 0 aliphatic carbocycles. The molecular formula is C16H22FN3O. The number of benzene rings is 1. The predicted octanol–water partition coefficient (Wildman–Crippen LogP) is 2.90. The van der Waals surface area contributed by atoms with Crippen LogP contribution in [-0.4, -0.2) is 26.7 Å². The van der Waals surface area contributed by atoms with E-state index in [4.69, 9.17) is 0 Å². The van der Waals surface area contributed by atoms with E-state index in [1.54, 1.807) is 10.7 Å². The van der Waals surface area contributed by atoms with Crippen LogP contribution in [0.15, 0.2) is 24.4 Å². The van der Waals surface area contributed by atoms with Gasteiger partial charge in [-0.3, -0.25) is 0 Å². The molecular weight excluding hydrogens is 269 g/mol. The first kappa shape index (κ1) is 15.6. The molecule has 4 nitrogen and oxygen atoms in total. The smallest absolute Gasteiger partial charge is 0.123 e. The van der Waals surface area contributed by atoms with Gasteiger partial charge in [0.2, 0.25) is 0 Å². The summed E-state index contributed by atoms with van der Waals surface area (Å²) in [5, 5.41) is 17.7. The Labute approximate surface area is 124 Å². The molecule has 0 aliphatic rings. The number of hydrogen-bond donors (Lipinski definition) is 1. The molecule has 1 heterocycles. The third kappa shape index (κ3) is 3.67. The summed E-state index contributed by atoms with van der Waals surface area (Å²) < 4.78 is 15.0. The van der Waals surface area contributed by atoms with Gasteiger partial charge in [-0.25, -0.2) is 9.07 Å². The lowest BCUT2D eigenvalue weighted by molar-refractivity contribution is 0.158. The summed E-state index contributed by atoms with van der Waals surface area (Å²) in [6.07, 6.45) is 2.56. The Balaban J connectivity index is 2.21. The third-order valence-corrected chi connectivity index (χ3v) is 3.72. The van der Waals surface area contributed by atoms with Gasteiger partial charge in [0.15, 0.2) is 0 Å². The lowest BCUT2D eigenvalue weighted by atomic mass is 9.89. The minimum absolute atomic E-state index is 0.0101. The molecule has 1 aromatic heterocycles. The van der Waals surface area contributed by atoms with Crippen molar-refractivity contribution in [3.63, 3.8) is 0 Å². The number of hydrogen-bond acceptors (Lipinski definition) is 3. The van der Waals surface area contributed by atoms with Crippen molar-refractivity contribution in [2.45, 2.75) is 40.2 Å². The minimum Gasteiger partial charge on any atom is -0.396 e. The van der Waals surface area contributed by atoms with Gasteiger partial charge >= 0.3 is 0 Å². The van der Waals surface area contributed by atoms with Crippen molar-refractivity contribution in [3.8, 4) is 0 Å². The van der Waals surface area contributed by atoms with Crippen molar-refractivity contribution in [1.82, 2.24) is 15.0 Å². The molecule has 2 aromatic rings. The van der Waals surface area contributed by atoms with Crippen molar-refractivity contribution in [2.75, 3.05) is 6.61 Å². The van der Waals surface area contributed by atoms with Gasteiger partial charge in [0.1, 0.15) is 5.82 Å². The normalized spacial score (nSPS) is 13.4. The van der Waals surface area contributed by atoms with Crippen molar-refractivity contribution in [3.05, 3.63) is 47.0 Å². The van der Waals surface area contributed by atoms with Gasteiger partial charge in [-0.2, -0.15) is 0 Å². The summed E-state index contributed by atoms with van der Waals surface area (Å²) in [4.78, 5) is 0. The third-order valence-electron chi connectivity index (χ3n) is 3.72. The highest BCUT2D eigenvalue weighted by atomic mass is 19.1. The molecule has 2 rings (SSSR count). The quantitative estimate of drug-likeness (QED) is 0.921. The molecule has 0 amide bonds. The van der Waals surface area contributed by atoms with Crippen LogP contribution in [0.1, 0.15) is 43.6 Å². The van der Waals surface area contributed by atoms with Gasteiger partial charge < -0.3 is 5.11 Å². The van der Waals surface area contributed by atoms with Gasteiger partial charge in [0.05, 0.1) is 11.7 Å². The number of rotatable bonds is 5. The lowest BCUT2D eigenvalue weighted by Gasteiger charge is -2.19. The highest BCUT2D eigenvalue weighted by molar-refractivity contribution is 5.29. The Bertz CT molecular complexity index is 622. The fraction of sp³-hybridized carbons (Fsp3) is 0.500. The topological polar surface area (TPSA) is 50.9 Å². The Kier molecular flexibility index (Phi) is 4.42. The summed E-state index contributed by atoms with van der Waals surface area (Å²) in [6.45, 7) is 7.98. The van der Waals surface area contributed by atoms with E-state index in [2.05, 4.69) is 10.3 Å². The van der Waals surface area contributed by atoms with Crippen LogP contribution < -0.4 is 0 Å². The predicted molar refractivity (Wildman–Crippen MR) is 79.5 cm³/mol. The van der Waals surface area contributed by atoms with E-state index in [1.165, 1.54) is 12.1 Å². The largest absolute Gasteiger partial charge is 0.396 e. The van der Waals surface area contributed by atoms with Crippen molar-refractivity contribution < 1.29 is 9.50 Å². The van der Waals surface area contributed by atoms with Crippen LogP contribution in [0.4, 0.5) is 4.39 Å². The first-order valence-electron chi connectivity index (χ1n) is 7.10. The molecule has 0 fully saturated rings. The van der Waals surface area contributed by atoms with Crippen LogP contribution in [0.2, 0.25) is 0 Å². The van der Waals surface area contributed by atoms with Gasteiger partial charge in [-0.05, 0) is 42.5 Å². The molecule has 0 saturated heterocycles. The van der Waals surface area contributed by atoms with E-state index in [0.29, 0.717) is 6.42 Å². The molecule has 0 aliphatic heterocycles. The molecule has 1 aromatic carbocycles. The van der Waals surface area contributed by atoms with Crippen LogP contribution >= 0.6 is 0 Å². The second-order valence-corrected chi connectivity index (χ2v) is 6.37. The Morgan fingerprint density at radius 2 is 2.10 bits per heavy atom. The van der Waals surface area contributed by atoms with Crippen LogP contribution in [0.25, 0.3) is 0 Å². The highest BCUT2D eigenvalue weighted by Crippen LogP contribution is 2.23. The molecule has 0 bridgehead atoms. The van der Waals surface area contributed by atoms with Gasteiger partial charge in [-0.15, -0.1) is 5.10 Å². The van der Waals surface area contributed by atoms with Gasteiger partial charge in [-0.1, -0.05) is 25.1 Å². The summed E-state index contributed by atoms with van der Waals surface area (Å²) in [7, 11) is 0. The zero-order valence-electron chi connectivity index (χ0n) is 13.0. The summed E-state index contributed by atoms with van der Waals surface area (Å²) >= 11 is 0. The number of halogens is 1. The molecule has 0 spiro atoms. The summed E-state index contributed by atoms with van der Waals surface area (Å²) in [6, 6.07) is 4.77. The van der Waals surface area contributed by atoms with E-state index in [9.17, 15) is 9.50 Å². The maximum absolute atomic E-state index is 13.2. The summed E-state index contributed by atoms with van der Waals surface area (Å²) in [5.41, 5.74) is 2.56. The standard InChI is InChI=1S/C16H22FN3O/c1-11-7-13(17)5-6-15(11)12(2)20-9-14(18-19-20)8-16(3,4)10-21/h5-7,9,12,21H,8,10H2,1-4H3/t12-/m0/s1. The van der Waals surface area contributed by atoms with Crippen molar-refractivity contribution in [1.29, 1.82) is 0 Å². The van der Waals surface area contributed by atoms with Crippen LogP contribution in [0, 0.1) is 18.2 Å². The van der Waals surface area contributed by atoms with Crippen LogP contribution in [0.5, 0.6) is 0 Å². The average Bonchev–Trinajstić information content (AvgIpc) is 2.86. The first-order chi connectivity index (χ1) is 9.82. The number of aryl methyl sites for hydroxylation is 1. The number of aliphatic hydroxyl groups excluding tert-OH is 1. The monoisotopic (exact) mass is 291 g/mol. The maximum atomic E-state index is 13.2. The fourth-order valence-electron chi connectivity index (χ4n) is 2.38. The molecule has 21 heavy (non-hydrogen) atoms. The number of aromatic nitrogens is 3. The molecule has 1 atom stereocenters. The minimum atomic E-state index is -0.229. The SMILES string of the molecule is Cc1cc(F)ccc1[C@H](C)n1cc(CC(C)(C)CO)nn1. The number of aliphatic hydroxyl groups is 1. The van der Waals surface area contributed by atoms with Crippen LogP contribution in [-0.2, 0) is 6.42 Å². The molecule has 114 valence electrons. The van der Waals surface area contributed by atoms with Crippen LogP contribution in [0.3, 0.4) is 0 Å². The lowest BCUT2D eigenvalue weighted by Crippen LogP contribution is -2.19. The van der Waals surface area contributed by atoms with Crippen molar-refractivity contribution >= 4 is 0 Å². The van der Waals surface area contributed by atoms with E-state index in [-0.39, 0.29) is 23.9 Å². The highest BCUT2D eigenvalue weighted by Gasteiger charge is 2.20. The van der Waals surface area contributed by atoms with E-state index < -0.39 is 0 Å². The first-order valence-corrected chi connectivity index (χ1v) is 7.10. The molecule has 0 saturated carbocycles. The zero-order valence-corrected chi connectivity index (χ0v) is 13.0. The van der Waals surface area contributed by atoms with Gasteiger partial charge in [0.25, 0.3) is 0 Å². The summed E-state index contributed by atoms with van der Waals surface area (Å²) in [5.74, 6) is -0.229. The average molecular weight is 291 g/mol. The number of nitrogens with zero attached hydrogens (tertiary/aromatic N) is 3. The molecule has 5 heteroatoms. The van der Waals surface area contributed by atoms with Crippen molar-refractivity contribution in [2.24, 2.45) is 5.41 Å². The molecule has 0 unspecified atom stereocenters. The maximum Gasteiger partial charge on any atom is 0.123 e. The Hall–Kier alpha value is -1.75. The zero-order chi connectivity index (χ0) is 15.6. The van der Waals surface area contributed by atoms with Gasteiger partial charge in [0, 0.05) is 19.2 Å². The molecule has 0 radical (unpaired) electrons. The van der Waals surface area contributed by atoms with E-state index in [0.717, 1.165) is 16.8 Å². The second kappa shape index (κ2) is 5.93. The molecule has 1 N–H and O–H groups in total. The Morgan fingerprint density at radius 3 is 2.71 bits per heavy atom. The second-order valence-electron chi connectivity index (χ2n) is 6.37. The fourth-order valence-corrected chi connectivity index (χ4v) is 2.38. The van der Waals surface area contributed by atoms with E-state index >= 15 is 0 Å². The van der Waals surface area contributed by atoms with E-state index in [1.807, 2.05) is 33.9 Å².